The Bertz CT molecular complexity index is 305. The summed E-state index contributed by atoms with van der Waals surface area (Å²) in [6, 6.07) is 0. The SMILES string of the molecule is C=C(C(=O)O)c1csc(N)n1. The van der Waals surface area contributed by atoms with Crippen LogP contribution in [-0.4, -0.2) is 16.1 Å². The number of carboxylic acid groups (broad SMARTS) is 1. The number of carboxylic acids is 1. The van der Waals surface area contributed by atoms with Gasteiger partial charge in [0.1, 0.15) is 0 Å². The molecule has 0 radical (unpaired) electrons. The molecule has 0 aliphatic carbocycles. The highest BCUT2D eigenvalue weighted by Crippen LogP contribution is 2.17. The molecular formula is C6H6N2O2S. The molecule has 0 saturated heterocycles. The molecule has 4 nitrogen and oxygen atoms in total. The van der Waals surface area contributed by atoms with Gasteiger partial charge in [-0.25, -0.2) is 9.78 Å². The molecule has 0 fully saturated rings. The zero-order chi connectivity index (χ0) is 8.43. The largest absolute Gasteiger partial charge is 0.478 e. The summed E-state index contributed by atoms with van der Waals surface area (Å²) in [5.74, 6) is -1.07. The molecule has 58 valence electrons. The van der Waals surface area contributed by atoms with Crippen molar-refractivity contribution in [3.8, 4) is 0 Å². The summed E-state index contributed by atoms with van der Waals surface area (Å²) in [5.41, 5.74) is 5.59. The Balaban J connectivity index is 2.94. The summed E-state index contributed by atoms with van der Waals surface area (Å²) >= 11 is 1.19. The van der Waals surface area contributed by atoms with Crippen LogP contribution in [0, 0.1) is 0 Å². The van der Waals surface area contributed by atoms with Crippen molar-refractivity contribution in [1.82, 2.24) is 4.98 Å². The molecule has 11 heavy (non-hydrogen) atoms. The molecule has 1 aromatic heterocycles. The molecule has 0 atom stereocenters. The lowest BCUT2D eigenvalue weighted by molar-refractivity contribution is -0.130. The van der Waals surface area contributed by atoms with Crippen LogP contribution in [0.2, 0.25) is 0 Å². The molecule has 5 heteroatoms. The van der Waals surface area contributed by atoms with Crippen LogP contribution in [0.1, 0.15) is 5.69 Å². The number of thiazole rings is 1. The second kappa shape index (κ2) is 2.71. The first-order valence-electron chi connectivity index (χ1n) is 2.75. The fraction of sp³-hybridized carbons (Fsp3) is 0. The van der Waals surface area contributed by atoms with E-state index >= 15 is 0 Å². The lowest BCUT2D eigenvalue weighted by Crippen LogP contribution is -1.98. The fourth-order valence-electron chi connectivity index (χ4n) is 0.536. The number of nitrogen functional groups attached to an aromatic ring is 1. The van der Waals surface area contributed by atoms with Crippen molar-refractivity contribution in [2.75, 3.05) is 5.73 Å². The van der Waals surface area contributed by atoms with Crippen LogP contribution in [0.3, 0.4) is 0 Å². The summed E-state index contributed by atoms with van der Waals surface area (Å²) in [6.07, 6.45) is 0. The van der Waals surface area contributed by atoms with Crippen molar-refractivity contribution in [3.63, 3.8) is 0 Å². The van der Waals surface area contributed by atoms with Crippen LogP contribution < -0.4 is 5.73 Å². The smallest absolute Gasteiger partial charge is 0.337 e. The molecule has 0 saturated carbocycles. The second-order valence-corrected chi connectivity index (χ2v) is 2.74. The monoisotopic (exact) mass is 170 g/mol. The quantitative estimate of drug-likeness (QED) is 0.644. The summed E-state index contributed by atoms with van der Waals surface area (Å²) in [5, 5.41) is 10.4. The third-order valence-corrected chi connectivity index (χ3v) is 1.76. The van der Waals surface area contributed by atoms with Gasteiger partial charge in [0.2, 0.25) is 0 Å². The van der Waals surface area contributed by atoms with Crippen molar-refractivity contribution >= 4 is 28.0 Å². The van der Waals surface area contributed by atoms with E-state index in [1.54, 1.807) is 5.38 Å². The predicted molar refractivity (Wildman–Crippen MR) is 43.2 cm³/mol. The van der Waals surface area contributed by atoms with Gasteiger partial charge in [0.15, 0.2) is 5.13 Å². The number of hydrogen-bond acceptors (Lipinski definition) is 4. The lowest BCUT2D eigenvalue weighted by Gasteiger charge is -1.91. The van der Waals surface area contributed by atoms with E-state index in [9.17, 15) is 4.79 Å². The van der Waals surface area contributed by atoms with Gasteiger partial charge in [0.05, 0.1) is 11.3 Å². The Morgan fingerprint density at radius 2 is 2.45 bits per heavy atom. The van der Waals surface area contributed by atoms with Crippen molar-refractivity contribution in [2.24, 2.45) is 0 Å². The van der Waals surface area contributed by atoms with Crippen LogP contribution in [0.5, 0.6) is 0 Å². The molecule has 0 spiro atoms. The first-order valence-corrected chi connectivity index (χ1v) is 3.63. The molecule has 3 N–H and O–H groups in total. The molecule has 0 bridgehead atoms. The first-order chi connectivity index (χ1) is 5.11. The van der Waals surface area contributed by atoms with Crippen molar-refractivity contribution < 1.29 is 9.90 Å². The molecule has 0 aliphatic rings. The van der Waals surface area contributed by atoms with Gasteiger partial charge in [-0.05, 0) is 0 Å². The second-order valence-electron chi connectivity index (χ2n) is 1.85. The average Bonchev–Trinajstić information content (AvgIpc) is 2.34. The van der Waals surface area contributed by atoms with Gasteiger partial charge in [-0.1, -0.05) is 6.58 Å². The van der Waals surface area contributed by atoms with E-state index in [0.29, 0.717) is 10.8 Å². The summed E-state index contributed by atoms with van der Waals surface area (Å²) < 4.78 is 0. The first kappa shape index (κ1) is 7.74. The summed E-state index contributed by atoms with van der Waals surface area (Å²) in [4.78, 5) is 14.1. The van der Waals surface area contributed by atoms with E-state index in [4.69, 9.17) is 10.8 Å². The van der Waals surface area contributed by atoms with Gasteiger partial charge >= 0.3 is 5.97 Å². The fourth-order valence-corrected chi connectivity index (χ4v) is 1.11. The molecular weight excluding hydrogens is 164 g/mol. The molecule has 1 aromatic rings. The van der Waals surface area contributed by atoms with Crippen molar-refractivity contribution in [1.29, 1.82) is 0 Å². The maximum absolute atomic E-state index is 10.3. The van der Waals surface area contributed by atoms with Crippen molar-refractivity contribution in [3.05, 3.63) is 17.7 Å². The highest BCUT2D eigenvalue weighted by atomic mass is 32.1. The highest BCUT2D eigenvalue weighted by Gasteiger charge is 2.09. The topological polar surface area (TPSA) is 76.2 Å². The summed E-state index contributed by atoms with van der Waals surface area (Å²) in [6.45, 7) is 3.33. The van der Waals surface area contributed by atoms with Gasteiger partial charge in [-0.3, -0.25) is 0 Å². The van der Waals surface area contributed by atoms with Gasteiger partial charge in [0, 0.05) is 5.38 Å². The Hall–Kier alpha value is -1.36. The molecule has 0 amide bonds. The zero-order valence-electron chi connectivity index (χ0n) is 5.57. The third kappa shape index (κ3) is 1.56. The van der Waals surface area contributed by atoms with E-state index < -0.39 is 5.97 Å². The number of nitrogens with zero attached hydrogens (tertiary/aromatic N) is 1. The minimum atomic E-state index is -1.07. The third-order valence-electron chi connectivity index (χ3n) is 1.09. The minimum absolute atomic E-state index is 0.0297. The molecule has 1 rings (SSSR count). The Morgan fingerprint density at radius 1 is 1.82 bits per heavy atom. The molecule has 0 aliphatic heterocycles. The number of carbonyl (C=O) groups is 1. The Kier molecular flexibility index (Phi) is 1.91. The normalized spacial score (nSPS) is 9.45. The Morgan fingerprint density at radius 3 is 2.82 bits per heavy atom. The lowest BCUT2D eigenvalue weighted by atomic mass is 10.2. The van der Waals surface area contributed by atoms with E-state index in [2.05, 4.69) is 11.6 Å². The maximum atomic E-state index is 10.3. The predicted octanol–water partition coefficient (Wildman–Crippen LogP) is 0.823. The number of nitrogens with two attached hydrogens (primary N) is 1. The van der Waals surface area contributed by atoms with Gasteiger partial charge in [-0.2, -0.15) is 0 Å². The van der Waals surface area contributed by atoms with Gasteiger partial charge in [0.25, 0.3) is 0 Å². The molecule has 0 aromatic carbocycles. The van der Waals surface area contributed by atoms with Crippen molar-refractivity contribution in [2.45, 2.75) is 0 Å². The number of anilines is 1. The average molecular weight is 170 g/mol. The number of aromatic nitrogens is 1. The van der Waals surface area contributed by atoms with Crippen LogP contribution in [-0.2, 0) is 4.79 Å². The number of rotatable bonds is 2. The zero-order valence-corrected chi connectivity index (χ0v) is 6.39. The highest BCUT2D eigenvalue weighted by molar-refractivity contribution is 7.13. The Labute approximate surface area is 67.0 Å². The van der Waals surface area contributed by atoms with Crippen LogP contribution >= 0.6 is 11.3 Å². The van der Waals surface area contributed by atoms with Gasteiger partial charge < -0.3 is 10.8 Å². The van der Waals surface area contributed by atoms with E-state index in [1.165, 1.54) is 11.3 Å². The van der Waals surface area contributed by atoms with Gasteiger partial charge in [-0.15, -0.1) is 11.3 Å². The number of hydrogen-bond donors (Lipinski definition) is 2. The van der Waals surface area contributed by atoms with Crippen LogP contribution in [0.15, 0.2) is 12.0 Å². The molecule has 1 heterocycles. The summed E-state index contributed by atoms with van der Waals surface area (Å²) in [7, 11) is 0. The standard InChI is InChI=1S/C6H6N2O2S/c1-3(5(9)10)4-2-11-6(7)8-4/h2H,1H2,(H2,7,8)(H,9,10). The maximum Gasteiger partial charge on any atom is 0.337 e. The van der Waals surface area contributed by atoms with Crippen LogP contribution in [0.25, 0.3) is 5.57 Å². The van der Waals surface area contributed by atoms with Crippen LogP contribution in [0.4, 0.5) is 5.13 Å². The molecule has 0 unspecified atom stereocenters. The van der Waals surface area contributed by atoms with E-state index in [1.807, 2.05) is 0 Å². The van der Waals surface area contributed by atoms with E-state index in [-0.39, 0.29) is 5.57 Å². The number of aliphatic carboxylic acids is 1. The minimum Gasteiger partial charge on any atom is -0.478 e. The van der Waals surface area contributed by atoms with E-state index in [0.717, 1.165) is 0 Å².